The molecular formula is C29H33ClN6O2. The molecule has 0 aliphatic carbocycles. The predicted octanol–water partition coefficient (Wildman–Crippen LogP) is 4.26. The van der Waals surface area contributed by atoms with Gasteiger partial charge in [-0.25, -0.2) is 0 Å². The van der Waals surface area contributed by atoms with E-state index in [9.17, 15) is 5.26 Å². The topological polar surface area (TPSA) is 86.5 Å². The second kappa shape index (κ2) is 11.0. The number of rotatable bonds is 6. The van der Waals surface area contributed by atoms with Gasteiger partial charge in [0, 0.05) is 54.1 Å². The largest absolute Gasteiger partial charge is 0.462 e. The van der Waals surface area contributed by atoms with Crippen LogP contribution in [0, 0.1) is 11.3 Å². The first-order chi connectivity index (χ1) is 18.6. The number of nitriles is 1. The Hall–Kier alpha value is -2.96. The maximum Gasteiger partial charge on any atom is 0.318 e. The van der Waals surface area contributed by atoms with Crippen LogP contribution in [0.5, 0.6) is 6.01 Å². The van der Waals surface area contributed by atoms with Gasteiger partial charge >= 0.3 is 6.01 Å². The van der Waals surface area contributed by atoms with Crippen molar-refractivity contribution in [3.05, 3.63) is 58.2 Å². The summed E-state index contributed by atoms with van der Waals surface area (Å²) in [6.07, 6.45) is 3.22. The molecular weight excluding hydrogens is 500 g/mol. The SMILES string of the molecule is CN1CCC[C@@H]1COc1nc2c(c(N3CCN[C@@H](CC#N)C3)n1)COC(c1cccc3cccc(Cl)c13)C2. The fourth-order valence-electron chi connectivity index (χ4n) is 5.97. The van der Waals surface area contributed by atoms with E-state index in [1.807, 2.05) is 12.1 Å². The molecule has 9 heteroatoms. The van der Waals surface area contributed by atoms with Gasteiger partial charge in [0.25, 0.3) is 0 Å². The summed E-state index contributed by atoms with van der Waals surface area (Å²) in [5.41, 5.74) is 3.04. The van der Waals surface area contributed by atoms with Crippen molar-refractivity contribution in [1.82, 2.24) is 20.2 Å². The molecule has 3 aliphatic rings. The molecule has 2 saturated heterocycles. The molecule has 0 bridgehead atoms. The van der Waals surface area contributed by atoms with E-state index in [4.69, 9.17) is 31.0 Å². The summed E-state index contributed by atoms with van der Waals surface area (Å²) in [6.45, 7) is 4.40. The van der Waals surface area contributed by atoms with Gasteiger partial charge in [0.2, 0.25) is 0 Å². The van der Waals surface area contributed by atoms with E-state index in [0.29, 0.717) is 44.7 Å². The van der Waals surface area contributed by atoms with Gasteiger partial charge in [-0.3, -0.25) is 0 Å². The number of halogens is 1. The van der Waals surface area contributed by atoms with E-state index in [-0.39, 0.29) is 12.1 Å². The minimum absolute atomic E-state index is 0.103. The van der Waals surface area contributed by atoms with E-state index in [0.717, 1.165) is 64.5 Å². The molecule has 3 aromatic rings. The average Bonchev–Trinajstić information content (AvgIpc) is 3.35. The summed E-state index contributed by atoms with van der Waals surface area (Å²) in [5, 5.41) is 15.6. The molecule has 3 atom stereocenters. The number of hydrogen-bond donors (Lipinski definition) is 1. The molecule has 1 aromatic heterocycles. The standard InChI is InChI=1S/C29H33ClN6O2/c1-35-13-4-7-21(35)17-38-29-33-25-15-26(22-8-2-5-19-6-3-9-24(30)27(19)22)37-18-23(25)28(34-29)36-14-12-32-20(16-36)10-11-31/h2-3,5-6,8-9,20-21,26,32H,4,7,10,12-18H2,1H3/t20-,21+,26?/m0/s1. The van der Waals surface area contributed by atoms with Crippen molar-refractivity contribution in [3.8, 4) is 12.1 Å². The van der Waals surface area contributed by atoms with Crippen LogP contribution in [0.2, 0.25) is 5.02 Å². The Balaban J connectivity index is 1.34. The Morgan fingerprint density at radius 1 is 1.21 bits per heavy atom. The lowest BCUT2D eigenvalue weighted by Crippen LogP contribution is -2.51. The molecule has 198 valence electrons. The van der Waals surface area contributed by atoms with Crippen LogP contribution in [-0.4, -0.2) is 66.8 Å². The highest BCUT2D eigenvalue weighted by molar-refractivity contribution is 6.35. The van der Waals surface area contributed by atoms with Crippen molar-refractivity contribution >= 4 is 28.2 Å². The van der Waals surface area contributed by atoms with Crippen molar-refractivity contribution in [2.75, 3.05) is 44.7 Å². The lowest BCUT2D eigenvalue weighted by molar-refractivity contribution is 0.0265. The number of ether oxygens (including phenoxy) is 2. The molecule has 8 nitrogen and oxygen atoms in total. The van der Waals surface area contributed by atoms with Crippen molar-refractivity contribution in [2.24, 2.45) is 0 Å². The number of nitrogens with zero attached hydrogens (tertiary/aromatic N) is 5. The number of benzene rings is 2. The number of anilines is 1. The molecule has 0 radical (unpaired) electrons. The highest BCUT2D eigenvalue weighted by Crippen LogP contribution is 2.39. The van der Waals surface area contributed by atoms with Crippen LogP contribution in [0.1, 0.15) is 42.2 Å². The van der Waals surface area contributed by atoms with Crippen molar-refractivity contribution in [3.63, 3.8) is 0 Å². The van der Waals surface area contributed by atoms with E-state index in [1.54, 1.807) is 0 Å². The van der Waals surface area contributed by atoms with Gasteiger partial charge in [0.1, 0.15) is 12.4 Å². The van der Waals surface area contributed by atoms with Gasteiger partial charge in [-0.05, 0) is 43.5 Å². The second-order valence-electron chi connectivity index (χ2n) is 10.5. The summed E-state index contributed by atoms with van der Waals surface area (Å²) < 4.78 is 12.7. The van der Waals surface area contributed by atoms with E-state index >= 15 is 0 Å². The number of likely N-dealkylation sites (N-methyl/N-ethyl adjacent to an activating group) is 1. The van der Waals surface area contributed by atoms with Crippen LogP contribution in [0.3, 0.4) is 0 Å². The first-order valence-electron chi connectivity index (χ1n) is 13.5. The van der Waals surface area contributed by atoms with Crippen LogP contribution in [0.25, 0.3) is 10.8 Å². The van der Waals surface area contributed by atoms with Crippen molar-refractivity contribution in [2.45, 2.75) is 50.5 Å². The Labute approximate surface area is 228 Å². The number of nitrogens with one attached hydrogen (secondary N) is 1. The summed E-state index contributed by atoms with van der Waals surface area (Å²) >= 11 is 6.65. The maximum absolute atomic E-state index is 9.25. The summed E-state index contributed by atoms with van der Waals surface area (Å²) in [6, 6.07) is 15.4. The number of aromatic nitrogens is 2. The van der Waals surface area contributed by atoms with E-state index in [2.05, 4.69) is 52.5 Å². The van der Waals surface area contributed by atoms with Gasteiger partial charge in [0.15, 0.2) is 0 Å². The van der Waals surface area contributed by atoms with E-state index in [1.165, 1.54) is 6.42 Å². The second-order valence-corrected chi connectivity index (χ2v) is 10.9. The van der Waals surface area contributed by atoms with Crippen LogP contribution in [0.15, 0.2) is 36.4 Å². The van der Waals surface area contributed by atoms with Crippen LogP contribution in [0.4, 0.5) is 5.82 Å². The molecule has 0 spiro atoms. The quantitative estimate of drug-likeness (QED) is 0.504. The summed E-state index contributed by atoms with van der Waals surface area (Å²) in [5.74, 6) is 0.864. The summed E-state index contributed by atoms with van der Waals surface area (Å²) in [7, 11) is 2.15. The highest BCUT2D eigenvalue weighted by atomic mass is 35.5. The predicted molar refractivity (Wildman–Crippen MR) is 148 cm³/mol. The van der Waals surface area contributed by atoms with Gasteiger partial charge in [0.05, 0.1) is 30.9 Å². The van der Waals surface area contributed by atoms with Crippen LogP contribution < -0.4 is 15.0 Å². The first-order valence-corrected chi connectivity index (χ1v) is 13.9. The third kappa shape index (κ3) is 5.04. The molecule has 2 aromatic carbocycles. The lowest BCUT2D eigenvalue weighted by Gasteiger charge is -2.36. The average molecular weight is 533 g/mol. The lowest BCUT2D eigenvalue weighted by atomic mass is 9.94. The Morgan fingerprint density at radius 3 is 2.89 bits per heavy atom. The Bertz CT molecular complexity index is 1360. The molecule has 38 heavy (non-hydrogen) atoms. The minimum atomic E-state index is -0.169. The van der Waals surface area contributed by atoms with E-state index < -0.39 is 0 Å². The molecule has 3 aliphatic heterocycles. The van der Waals surface area contributed by atoms with Gasteiger partial charge < -0.3 is 24.6 Å². The third-order valence-electron chi connectivity index (χ3n) is 8.06. The molecule has 1 N–H and O–H groups in total. The normalized spacial score (nSPS) is 23.8. The van der Waals surface area contributed by atoms with Crippen molar-refractivity contribution < 1.29 is 9.47 Å². The smallest absolute Gasteiger partial charge is 0.318 e. The maximum atomic E-state index is 9.25. The van der Waals surface area contributed by atoms with Crippen LogP contribution >= 0.6 is 11.6 Å². The fourth-order valence-corrected chi connectivity index (χ4v) is 6.26. The zero-order valence-electron chi connectivity index (χ0n) is 21.7. The van der Waals surface area contributed by atoms with Crippen molar-refractivity contribution in [1.29, 1.82) is 5.26 Å². The molecule has 0 saturated carbocycles. The van der Waals surface area contributed by atoms with Crippen LogP contribution in [-0.2, 0) is 17.8 Å². The number of likely N-dealkylation sites (tertiary alicyclic amines) is 1. The zero-order chi connectivity index (χ0) is 26.1. The number of fused-ring (bicyclic) bond motifs is 2. The minimum Gasteiger partial charge on any atom is -0.462 e. The number of piperazine rings is 1. The zero-order valence-corrected chi connectivity index (χ0v) is 22.5. The molecule has 2 fully saturated rings. The van der Waals surface area contributed by atoms with Gasteiger partial charge in [-0.1, -0.05) is 41.9 Å². The number of hydrogen-bond acceptors (Lipinski definition) is 8. The highest BCUT2D eigenvalue weighted by Gasteiger charge is 2.31. The fraction of sp³-hybridized carbons (Fsp3) is 0.483. The van der Waals surface area contributed by atoms with Gasteiger partial charge in [-0.15, -0.1) is 0 Å². The van der Waals surface area contributed by atoms with Gasteiger partial charge in [-0.2, -0.15) is 15.2 Å². The molecule has 6 rings (SSSR count). The Kier molecular flexibility index (Phi) is 7.35. The summed E-state index contributed by atoms with van der Waals surface area (Å²) in [4.78, 5) is 14.4. The third-order valence-corrected chi connectivity index (χ3v) is 8.38. The Morgan fingerprint density at radius 2 is 2.08 bits per heavy atom. The molecule has 4 heterocycles. The monoisotopic (exact) mass is 532 g/mol. The molecule has 1 unspecified atom stereocenters. The molecule has 0 amide bonds. The first kappa shape index (κ1) is 25.3.